The summed E-state index contributed by atoms with van der Waals surface area (Å²) in [5, 5.41) is 16.2. The summed E-state index contributed by atoms with van der Waals surface area (Å²) in [6.45, 7) is 1.84. The molecule has 0 spiro atoms. The average molecular weight is 106 g/mol. The normalized spacial score (nSPS) is 9.62. The monoisotopic (exact) mass is 106 g/mol. The lowest BCUT2D eigenvalue weighted by atomic mass is 10.2. The molecule has 0 aliphatic heterocycles. The molecule has 0 radical (unpaired) electrons. The first-order valence-electron chi connectivity index (χ1n) is 2.34. The third-order valence-corrected chi connectivity index (χ3v) is 0.763. The molecule has 0 heterocycles. The highest BCUT2D eigenvalue weighted by atomic mass is 14.2. The standard InChI is InChI=1S/C6H6N2/c1-2-6(5-8)3-4-7/h3H,2H2,1H3. The summed E-state index contributed by atoms with van der Waals surface area (Å²) in [6.07, 6.45) is 1.91. The third kappa shape index (κ3) is 2.00. The Hall–Kier alpha value is -1.28. The lowest BCUT2D eigenvalue weighted by Gasteiger charge is -1.79. The Morgan fingerprint density at radius 1 is 1.62 bits per heavy atom. The first-order valence-corrected chi connectivity index (χ1v) is 2.34. The van der Waals surface area contributed by atoms with Gasteiger partial charge < -0.3 is 0 Å². The molecule has 2 heteroatoms. The maximum absolute atomic E-state index is 8.19. The zero-order valence-electron chi connectivity index (χ0n) is 4.68. The molecule has 8 heavy (non-hydrogen) atoms. The van der Waals surface area contributed by atoms with Crippen LogP contribution in [0.15, 0.2) is 11.6 Å². The van der Waals surface area contributed by atoms with Crippen LogP contribution in [0.1, 0.15) is 13.3 Å². The van der Waals surface area contributed by atoms with Crippen LogP contribution < -0.4 is 0 Å². The Bertz CT molecular complexity index is 166. The Kier molecular flexibility index (Phi) is 3.27. The fraction of sp³-hybridized carbons (Fsp3) is 0.333. The fourth-order valence-corrected chi connectivity index (χ4v) is 0.291. The highest BCUT2D eigenvalue weighted by Crippen LogP contribution is 1.94. The van der Waals surface area contributed by atoms with E-state index in [9.17, 15) is 0 Å². The molecule has 0 bridgehead atoms. The molecule has 40 valence electrons. The van der Waals surface area contributed by atoms with Crippen molar-refractivity contribution >= 4 is 0 Å². The Balaban J connectivity index is 3.98. The van der Waals surface area contributed by atoms with Gasteiger partial charge >= 0.3 is 0 Å². The van der Waals surface area contributed by atoms with Gasteiger partial charge in [0.15, 0.2) is 0 Å². The van der Waals surface area contributed by atoms with Crippen molar-refractivity contribution < 1.29 is 0 Å². The van der Waals surface area contributed by atoms with Crippen LogP contribution in [0.25, 0.3) is 0 Å². The zero-order chi connectivity index (χ0) is 6.41. The van der Waals surface area contributed by atoms with Crippen molar-refractivity contribution in [2.24, 2.45) is 0 Å². The van der Waals surface area contributed by atoms with Crippen molar-refractivity contribution in [2.45, 2.75) is 13.3 Å². The van der Waals surface area contributed by atoms with Crippen LogP contribution in [0.4, 0.5) is 0 Å². The van der Waals surface area contributed by atoms with Gasteiger partial charge in [0.1, 0.15) is 0 Å². The molecule has 0 saturated carbocycles. The lowest BCUT2D eigenvalue weighted by molar-refractivity contribution is 1.15. The van der Waals surface area contributed by atoms with E-state index in [0.29, 0.717) is 12.0 Å². The Morgan fingerprint density at radius 2 is 2.25 bits per heavy atom. The molecule has 0 unspecified atom stereocenters. The van der Waals surface area contributed by atoms with Gasteiger partial charge in [0.25, 0.3) is 0 Å². The number of nitrogens with zero attached hydrogens (tertiary/aromatic N) is 2. The second kappa shape index (κ2) is 3.89. The van der Waals surface area contributed by atoms with Gasteiger partial charge in [0, 0.05) is 11.6 Å². The van der Waals surface area contributed by atoms with E-state index in [1.165, 1.54) is 6.08 Å². The third-order valence-electron chi connectivity index (χ3n) is 0.763. The summed E-state index contributed by atoms with van der Waals surface area (Å²) >= 11 is 0. The smallest absolute Gasteiger partial charge is 0.0954 e. The summed E-state index contributed by atoms with van der Waals surface area (Å²) in [5.41, 5.74) is 0.535. The van der Waals surface area contributed by atoms with Crippen molar-refractivity contribution in [3.05, 3.63) is 11.6 Å². The van der Waals surface area contributed by atoms with Crippen LogP contribution in [-0.2, 0) is 0 Å². The SMILES string of the molecule is CCC(C#N)=CC#N. The molecule has 0 aliphatic rings. The summed E-state index contributed by atoms with van der Waals surface area (Å²) in [5.74, 6) is 0. The minimum Gasteiger partial charge on any atom is -0.193 e. The van der Waals surface area contributed by atoms with E-state index >= 15 is 0 Å². The molecule has 0 aromatic rings. The van der Waals surface area contributed by atoms with Crippen molar-refractivity contribution in [1.82, 2.24) is 0 Å². The van der Waals surface area contributed by atoms with E-state index in [1.54, 1.807) is 6.07 Å². The van der Waals surface area contributed by atoms with Crippen molar-refractivity contribution in [2.75, 3.05) is 0 Å². The Morgan fingerprint density at radius 3 is 2.38 bits per heavy atom. The van der Waals surface area contributed by atoms with Gasteiger partial charge in [-0.05, 0) is 6.42 Å². The van der Waals surface area contributed by atoms with Crippen LogP contribution in [0.3, 0.4) is 0 Å². The van der Waals surface area contributed by atoms with E-state index in [0.717, 1.165) is 0 Å². The van der Waals surface area contributed by atoms with E-state index in [-0.39, 0.29) is 0 Å². The number of rotatable bonds is 1. The van der Waals surface area contributed by atoms with E-state index in [2.05, 4.69) is 0 Å². The molecule has 0 fully saturated rings. The maximum atomic E-state index is 8.19. The van der Waals surface area contributed by atoms with Crippen molar-refractivity contribution in [3.8, 4) is 12.1 Å². The van der Waals surface area contributed by atoms with Gasteiger partial charge in [-0.2, -0.15) is 10.5 Å². The van der Waals surface area contributed by atoms with Crippen LogP contribution in [-0.4, -0.2) is 0 Å². The molecule has 0 aliphatic carbocycles. The van der Waals surface area contributed by atoms with Crippen LogP contribution >= 0.6 is 0 Å². The molecule has 0 aromatic carbocycles. The highest BCUT2D eigenvalue weighted by Gasteiger charge is 1.85. The number of allylic oxidation sites excluding steroid dienone is 2. The first-order chi connectivity index (χ1) is 3.85. The molecule has 0 rings (SSSR count). The van der Waals surface area contributed by atoms with Gasteiger partial charge in [-0.1, -0.05) is 6.92 Å². The summed E-state index contributed by atoms with van der Waals surface area (Å²) in [4.78, 5) is 0. The van der Waals surface area contributed by atoms with Crippen molar-refractivity contribution in [3.63, 3.8) is 0 Å². The lowest BCUT2D eigenvalue weighted by Crippen LogP contribution is -1.70. The molecular weight excluding hydrogens is 100 g/mol. The van der Waals surface area contributed by atoms with Gasteiger partial charge in [-0.15, -0.1) is 0 Å². The second-order valence-electron chi connectivity index (χ2n) is 1.26. The van der Waals surface area contributed by atoms with Crippen LogP contribution in [0.5, 0.6) is 0 Å². The second-order valence-corrected chi connectivity index (χ2v) is 1.26. The maximum Gasteiger partial charge on any atom is 0.0954 e. The van der Waals surface area contributed by atoms with Crippen LogP contribution in [0.2, 0.25) is 0 Å². The summed E-state index contributed by atoms with van der Waals surface area (Å²) < 4.78 is 0. The van der Waals surface area contributed by atoms with E-state index in [4.69, 9.17) is 10.5 Å². The van der Waals surface area contributed by atoms with Gasteiger partial charge in [0.2, 0.25) is 0 Å². The predicted octanol–water partition coefficient (Wildman–Crippen LogP) is 1.37. The van der Waals surface area contributed by atoms with E-state index in [1.807, 2.05) is 13.0 Å². The molecule has 0 atom stereocenters. The predicted molar refractivity (Wildman–Crippen MR) is 29.6 cm³/mol. The molecule has 2 nitrogen and oxygen atoms in total. The zero-order valence-corrected chi connectivity index (χ0v) is 4.68. The Labute approximate surface area is 48.7 Å². The van der Waals surface area contributed by atoms with Gasteiger partial charge in [-0.25, -0.2) is 0 Å². The molecular formula is C6H6N2. The highest BCUT2D eigenvalue weighted by molar-refractivity contribution is 5.25. The molecule has 0 amide bonds. The van der Waals surface area contributed by atoms with Crippen LogP contribution in [0, 0.1) is 22.7 Å². The molecule has 0 saturated heterocycles. The van der Waals surface area contributed by atoms with Gasteiger partial charge in [-0.3, -0.25) is 0 Å². The number of hydrogen-bond acceptors (Lipinski definition) is 2. The quantitative estimate of drug-likeness (QED) is 0.474. The number of nitriles is 2. The minimum absolute atomic E-state index is 0.535. The summed E-state index contributed by atoms with van der Waals surface area (Å²) in [6, 6.07) is 3.68. The first kappa shape index (κ1) is 6.72. The summed E-state index contributed by atoms with van der Waals surface area (Å²) in [7, 11) is 0. The number of hydrogen-bond donors (Lipinski definition) is 0. The van der Waals surface area contributed by atoms with Crippen molar-refractivity contribution in [1.29, 1.82) is 10.5 Å². The average Bonchev–Trinajstić information content (AvgIpc) is 1.83. The largest absolute Gasteiger partial charge is 0.193 e. The van der Waals surface area contributed by atoms with Gasteiger partial charge in [0.05, 0.1) is 12.1 Å². The fourth-order valence-electron chi connectivity index (χ4n) is 0.291. The topological polar surface area (TPSA) is 47.6 Å². The molecule has 0 aromatic heterocycles. The van der Waals surface area contributed by atoms with E-state index < -0.39 is 0 Å². The molecule has 0 N–H and O–H groups in total. The minimum atomic E-state index is 0.535.